The molecule has 0 fully saturated rings. The maximum Gasteiger partial charge on any atom is 0.224 e. The summed E-state index contributed by atoms with van der Waals surface area (Å²) < 4.78 is 19.7. The smallest absolute Gasteiger partial charge is 0.224 e. The van der Waals surface area contributed by atoms with Gasteiger partial charge in [0.1, 0.15) is 17.4 Å². The maximum absolute atomic E-state index is 13.7. The Hall–Kier alpha value is -4.07. The third-order valence-corrected chi connectivity index (χ3v) is 3.95. The van der Waals surface area contributed by atoms with Gasteiger partial charge < -0.3 is 16.2 Å². The zero-order valence-electron chi connectivity index (χ0n) is 14.6. The molecule has 0 radical (unpaired) electrons. The molecule has 4 N–H and O–H groups in total. The molecule has 0 saturated carbocycles. The second-order valence-corrected chi connectivity index (χ2v) is 5.90. The summed E-state index contributed by atoms with van der Waals surface area (Å²) >= 11 is 0. The molecular weight excluding hydrogens is 359 g/mol. The third-order valence-electron chi connectivity index (χ3n) is 3.95. The molecular formula is C20H15FN6O. The zero-order valence-corrected chi connectivity index (χ0v) is 14.6. The molecule has 0 unspecified atom stereocenters. The largest absolute Gasteiger partial charge is 0.438 e. The molecule has 2 aromatic carbocycles. The van der Waals surface area contributed by atoms with E-state index in [1.807, 2.05) is 12.1 Å². The summed E-state index contributed by atoms with van der Waals surface area (Å²) in [5.74, 6) is 0.798. The Labute approximate surface area is 159 Å². The lowest BCUT2D eigenvalue weighted by Gasteiger charge is -2.13. The monoisotopic (exact) mass is 374 g/mol. The molecule has 4 aromatic rings. The van der Waals surface area contributed by atoms with Crippen molar-refractivity contribution in [3.05, 3.63) is 72.9 Å². The minimum Gasteiger partial charge on any atom is -0.438 e. The number of benzene rings is 2. The Balaban J connectivity index is 1.82. The van der Waals surface area contributed by atoms with E-state index in [0.717, 1.165) is 5.56 Å². The van der Waals surface area contributed by atoms with E-state index in [9.17, 15) is 4.39 Å². The number of nitrogens with zero attached hydrogens (tertiary/aromatic N) is 4. The van der Waals surface area contributed by atoms with E-state index < -0.39 is 0 Å². The fourth-order valence-corrected chi connectivity index (χ4v) is 2.67. The van der Waals surface area contributed by atoms with Crippen LogP contribution in [0, 0.1) is 5.82 Å². The van der Waals surface area contributed by atoms with Crippen molar-refractivity contribution in [1.29, 1.82) is 0 Å². The molecule has 7 nitrogen and oxygen atoms in total. The second-order valence-electron chi connectivity index (χ2n) is 5.90. The Morgan fingerprint density at radius 2 is 1.75 bits per heavy atom. The Kier molecular flexibility index (Phi) is 4.51. The van der Waals surface area contributed by atoms with Gasteiger partial charge in [-0.1, -0.05) is 18.2 Å². The van der Waals surface area contributed by atoms with E-state index in [1.54, 1.807) is 30.5 Å². The first-order valence-corrected chi connectivity index (χ1v) is 8.33. The highest BCUT2D eigenvalue weighted by Crippen LogP contribution is 2.36. The molecule has 4 rings (SSSR count). The molecule has 0 saturated heterocycles. The van der Waals surface area contributed by atoms with Gasteiger partial charge in [0.15, 0.2) is 0 Å². The number of rotatable bonds is 4. The Bertz CT molecular complexity index is 1130. The molecule has 2 heterocycles. The first-order valence-electron chi connectivity index (χ1n) is 8.33. The standard InChI is InChI=1S/C20H15FN6O/c21-14-3-1-2-12(8-14)15-5-4-13(16-10-26-18(22)11-25-16)9-17(15)28-19-6-7-24-20(23)27-19/h1-11H,(H2,22,26)(H2,23,24,27). The summed E-state index contributed by atoms with van der Waals surface area (Å²) in [5, 5.41) is 0. The minimum absolute atomic E-state index is 0.0883. The average Bonchev–Trinajstić information content (AvgIpc) is 2.68. The molecule has 0 atom stereocenters. The summed E-state index contributed by atoms with van der Waals surface area (Å²) in [6, 6.07) is 13.3. The van der Waals surface area contributed by atoms with Crippen molar-refractivity contribution < 1.29 is 9.13 Å². The molecule has 2 aromatic heterocycles. The second kappa shape index (κ2) is 7.28. The summed E-state index contributed by atoms with van der Waals surface area (Å²) in [6.07, 6.45) is 4.54. The quantitative estimate of drug-likeness (QED) is 0.560. The van der Waals surface area contributed by atoms with Crippen LogP contribution in [0.3, 0.4) is 0 Å². The van der Waals surface area contributed by atoms with Crippen LogP contribution in [0.15, 0.2) is 67.1 Å². The molecule has 0 aliphatic carbocycles. The molecule has 0 aliphatic heterocycles. The van der Waals surface area contributed by atoms with Crippen LogP contribution >= 0.6 is 0 Å². The number of nitrogens with two attached hydrogens (primary N) is 2. The van der Waals surface area contributed by atoms with Crippen molar-refractivity contribution in [3.63, 3.8) is 0 Å². The van der Waals surface area contributed by atoms with Gasteiger partial charge in [-0.15, -0.1) is 0 Å². The molecule has 0 amide bonds. The normalized spacial score (nSPS) is 10.6. The fraction of sp³-hybridized carbons (Fsp3) is 0. The zero-order chi connectivity index (χ0) is 19.5. The molecule has 0 spiro atoms. The van der Waals surface area contributed by atoms with Crippen LogP contribution < -0.4 is 16.2 Å². The van der Waals surface area contributed by atoms with Gasteiger partial charge >= 0.3 is 0 Å². The number of hydrogen-bond acceptors (Lipinski definition) is 7. The predicted octanol–water partition coefficient (Wildman–Crippen LogP) is 3.70. The van der Waals surface area contributed by atoms with E-state index in [2.05, 4.69) is 19.9 Å². The summed E-state index contributed by atoms with van der Waals surface area (Å²) in [4.78, 5) is 16.3. The highest BCUT2D eigenvalue weighted by Gasteiger charge is 2.12. The van der Waals surface area contributed by atoms with Gasteiger partial charge in [0.05, 0.1) is 18.1 Å². The first kappa shape index (κ1) is 17.3. The lowest BCUT2D eigenvalue weighted by molar-refractivity contribution is 0.464. The number of aromatic nitrogens is 4. The van der Waals surface area contributed by atoms with Gasteiger partial charge in [-0.05, 0) is 29.8 Å². The van der Waals surface area contributed by atoms with Gasteiger partial charge in [0, 0.05) is 23.4 Å². The van der Waals surface area contributed by atoms with E-state index in [-0.39, 0.29) is 17.6 Å². The lowest BCUT2D eigenvalue weighted by atomic mass is 10.0. The number of ether oxygens (including phenoxy) is 1. The van der Waals surface area contributed by atoms with Crippen LogP contribution in [0.1, 0.15) is 0 Å². The van der Waals surface area contributed by atoms with Crippen molar-refractivity contribution in [1.82, 2.24) is 19.9 Å². The van der Waals surface area contributed by atoms with Gasteiger partial charge in [-0.25, -0.2) is 14.4 Å². The van der Waals surface area contributed by atoms with Crippen molar-refractivity contribution in [3.8, 4) is 34.0 Å². The van der Waals surface area contributed by atoms with Crippen molar-refractivity contribution in [2.45, 2.75) is 0 Å². The van der Waals surface area contributed by atoms with Crippen molar-refractivity contribution in [2.75, 3.05) is 11.5 Å². The van der Waals surface area contributed by atoms with Crippen molar-refractivity contribution in [2.24, 2.45) is 0 Å². The maximum atomic E-state index is 13.7. The molecule has 28 heavy (non-hydrogen) atoms. The van der Waals surface area contributed by atoms with Crippen LogP contribution in [0.2, 0.25) is 0 Å². The third kappa shape index (κ3) is 3.70. The Morgan fingerprint density at radius 3 is 2.50 bits per heavy atom. The number of hydrogen-bond donors (Lipinski definition) is 2. The summed E-state index contributed by atoms with van der Waals surface area (Å²) in [6.45, 7) is 0. The number of halogens is 1. The van der Waals surface area contributed by atoms with E-state index in [4.69, 9.17) is 16.2 Å². The van der Waals surface area contributed by atoms with Gasteiger partial charge in [0.25, 0.3) is 0 Å². The van der Waals surface area contributed by atoms with Gasteiger partial charge in [-0.3, -0.25) is 4.98 Å². The SMILES string of the molecule is Nc1cnc(-c2ccc(-c3cccc(F)c3)c(Oc3ccnc(N)n3)c2)cn1. The molecule has 0 bridgehead atoms. The van der Waals surface area contributed by atoms with Crippen LogP contribution in [-0.4, -0.2) is 19.9 Å². The lowest BCUT2D eigenvalue weighted by Crippen LogP contribution is -1.97. The Morgan fingerprint density at radius 1 is 0.857 bits per heavy atom. The minimum atomic E-state index is -0.344. The highest BCUT2D eigenvalue weighted by atomic mass is 19.1. The van der Waals surface area contributed by atoms with Crippen LogP contribution in [0.25, 0.3) is 22.4 Å². The molecule has 138 valence electrons. The van der Waals surface area contributed by atoms with E-state index in [0.29, 0.717) is 28.4 Å². The highest BCUT2D eigenvalue weighted by molar-refractivity contribution is 5.75. The van der Waals surface area contributed by atoms with Gasteiger partial charge in [0.2, 0.25) is 11.8 Å². The van der Waals surface area contributed by atoms with Gasteiger partial charge in [-0.2, -0.15) is 4.98 Å². The summed E-state index contributed by atoms with van der Waals surface area (Å²) in [5.41, 5.74) is 14.0. The topological polar surface area (TPSA) is 113 Å². The number of nitrogen functional groups attached to an aromatic ring is 2. The predicted molar refractivity (Wildman–Crippen MR) is 104 cm³/mol. The molecule has 8 heteroatoms. The van der Waals surface area contributed by atoms with Crippen LogP contribution in [0.5, 0.6) is 11.6 Å². The van der Waals surface area contributed by atoms with E-state index >= 15 is 0 Å². The van der Waals surface area contributed by atoms with Crippen LogP contribution in [-0.2, 0) is 0 Å². The van der Waals surface area contributed by atoms with Crippen molar-refractivity contribution >= 4 is 11.8 Å². The van der Waals surface area contributed by atoms with Crippen LogP contribution in [0.4, 0.5) is 16.2 Å². The number of anilines is 2. The molecule has 0 aliphatic rings. The fourth-order valence-electron chi connectivity index (χ4n) is 2.67. The first-order chi connectivity index (χ1) is 13.6. The average molecular weight is 374 g/mol. The van der Waals surface area contributed by atoms with E-state index in [1.165, 1.54) is 24.5 Å². The summed E-state index contributed by atoms with van der Waals surface area (Å²) in [7, 11) is 0.